The first-order valence-electron chi connectivity index (χ1n) is 9.94. The molecule has 3 aromatic rings. The molecule has 2 amide bonds. The van der Waals surface area contributed by atoms with Gasteiger partial charge in [-0.25, -0.2) is 0 Å². The summed E-state index contributed by atoms with van der Waals surface area (Å²) in [6.45, 7) is 5.12. The molecular weight excluding hydrogens is 418 g/mol. The van der Waals surface area contributed by atoms with Crippen LogP contribution < -0.4 is 10.1 Å². The Labute approximate surface area is 185 Å². The van der Waals surface area contributed by atoms with Crippen LogP contribution in [0.4, 0.5) is 5.69 Å². The summed E-state index contributed by atoms with van der Waals surface area (Å²) in [6.07, 6.45) is 1.56. The van der Waals surface area contributed by atoms with E-state index in [0.29, 0.717) is 40.5 Å². The first-order valence-corrected chi connectivity index (χ1v) is 10.3. The molecule has 0 aliphatic heterocycles. The number of hydrogen-bond donors (Lipinski definition) is 1. The smallest absolute Gasteiger partial charge is 0.296 e. The normalized spacial score (nSPS) is 10.7. The summed E-state index contributed by atoms with van der Waals surface area (Å²) in [5, 5.41) is 3.57. The van der Waals surface area contributed by atoms with Crippen molar-refractivity contribution in [2.45, 2.75) is 20.4 Å². The topological polar surface area (TPSA) is 80.6 Å². The maximum atomic E-state index is 13.0. The number of nitrogens with one attached hydrogen (secondary N) is 1. The van der Waals surface area contributed by atoms with Gasteiger partial charge in [0.05, 0.1) is 18.4 Å². The third-order valence-corrected chi connectivity index (χ3v) is 5.31. The second kappa shape index (κ2) is 9.66. The van der Waals surface area contributed by atoms with E-state index in [2.05, 4.69) is 5.32 Å². The molecule has 0 atom stereocenters. The fourth-order valence-electron chi connectivity index (χ4n) is 3.46. The van der Waals surface area contributed by atoms with Crippen LogP contribution in [0.5, 0.6) is 5.75 Å². The lowest BCUT2D eigenvalue weighted by atomic mass is 10.1. The van der Waals surface area contributed by atoms with Crippen molar-refractivity contribution >= 4 is 45.8 Å². The van der Waals surface area contributed by atoms with Crippen LogP contribution in [0, 0.1) is 0 Å². The number of Topliss-reactive ketones (excluding diaryl/α,β-unsaturated/α-hetero) is 1. The Balaban J connectivity index is 1.92. The molecule has 0 saturated heterocycles. The van der Waals surface area contributed by atoms with Crippen molar-refractivity contribution < 1.29 is 19.1 Å². The van der Waals surface area contributed by atoms with Gasteiger partial charge in [-0.15, -0.1) is 0 Å². The summed E-state index contributed by atoms with van der Waals surface area (Å²) in [5.41, 5.74) is 1.23. The fraction of sp³-hybridized carbons (Fsp3) is 0.261. The van der Waals surface area contributed by atoms with Gasteiger partial charge in [-0.05, 0) is 38.1 Å². The highest BCUT2D eigenvalue weighted by molar-refractivity contribution is 6.48. The minimum absolute atomic E-state index is 0.0575. The van der Waals surface area contributed by atoms with Crippen molar-refractivity contribution in [3.63, 3.8) is 0 Å². The standard InChI is InChI=1S/C23H24ClN3O4/c1-4-26(5-2)21(28)14-27-13-17(16-8-6-7-9-19(16)27)22(29)23(30)25-18-12-15(24)10-11-20(18)31-3/h6-13H,4-5,14H2,1-3H3,(H,25,30). The van der Waals surface area contributed by atoms with Crippen molar-refractivity contribution in [2.75, 3.05) is 25.5 Å². The van der Waals surface area contributed by atoms with Gasteiger partial charge in [0.2, 0.25) is 5.91 Å². The number of benzene rings is 2. The van der Waals surface area contributed by atoms with Gasteiger partial charge in [-0.1, -0.05) is 29.8 Å². The van der Waals surface area contributed by atoms with Crippen LogP contribution in [0.2, 0.25) is 5.02 Å². The van der Waals surface area contributed by atoms with Gasteiger partial charge in [0.25, 0.3) is 11.7 Å². The highest BCUT2D eigenvalue weighted by Gasteiger charge is 2.23. The number of ether oxygens (including phenoxy) is 1. The highest BCUT2D eigenvalue weighted by Crippen LogP contribution is 2.28. The molecule has 0 radical (unpaired) electrons. The van der Waals surface area contributed by atoms with E-state index in [-0.39, 0.29) is 18.0 Å². The summed E-state index contributed by atoms with van der Waals surface area (Å²) in [4.78, 5) is 40.0. The Morgan fingerprint density at radius 1 is 1.10 bits per heavy atom. The average molecular weight is 442 g/mol. The van der Waals surface area contributed by atoms with E-state index < -0.39 is 11.7 Å². The van der Waals surface area contributed by atoms with Gasteiger partial charge in [-0.3, -0.25) is 14.4 Å². The van der Waals surface area contributed by atoms with Crippen molar-refractivity contribution in [1.82, 2.24) is 9.47 Å². The van der Waals surface area contributed by atoms with E-state index >= 15 is 0 Å². The molecule has 1 aromatic heterocycles. The predicted octanol–water partition coefficient (Wildman–Crippen LogP) is 3.99. The number of methoxy groups -OCH3 is 1. The van der Waals surface area contributed by atoms with E-state index in [1.165, 1.54) is 13.2 Å². The van der Waals surface area contributed by atoms with Gasteiger partial charge < -0.3 is 19.5 Å². The van der Waals surface area contributed by atoms with Gasteiger partial charge in [-0.2, -0.15) is 0 Å². The molecule has 31 heavy (non-hydrogen) atoms. The zero-order valence-electron chi connectivity index (χ0n) is 17.6. The Morgan fingerprint density at radius 3 is 2.48 bits per heavy atom. The number of likely N-dealkylation sites (N-methyl/N-ethyl adjacent to an activating group) is 1. The lowest BCUT2D eigenvalue weighted by Crippen LogP contribution is -2.33. The maximum Gasteiger partial charge on any atom is 0.296 e. The van der Waals surface area contributed by atoms with Crippen molar-refractivity contribution in [3.05, 3.63) is 59.2 Å². The molecule has 0 saturated carbocycles. The first-order chi connectivity index (χ1) is 14.9. The average Bonchev–Trinajstić information content (AvgIpc) is 3.12. The molecule has 3 rings (SSSR count). The van der Waals surface area contributed by atoms with Crippen molar-refractivity contribution in [1.29, 1.82) is 0 Å². The number of carbonyl (C=O) groups is 3. The number of fused-ring (bicyclic) bond motifs is 1. The number of rotatable bonds is 8. The maximum absolute atomic E-state index is 13.0. The molecule has 1 N–H and O–H groups in total. The Hall–Kier alpha value is -3.32. The van der Waals surface area contributed by atoms with Crippen LogP contribution in [0.25, 0.3) is 10.9 Å². The Bertz CT molecular complexity index is 1140. The first kappa shape index (κ1) is 22.4. The van der Waals surface area contributed by atoms with E-state index in [1.807, 2.05) is 26.0 Å². The lowest BCUT2D eigenvalue weighted by Gasteiger charge is -2.19. The molecule has 0 spiro atoms. The molecule has 162 valence electrons. The number of hydrogen-bond acceptors (Lipinski definition) is 4. The minimum atomic E-state index is -0.821. The number of nitrogens with zero attached hydrogens (tertiary/aromatic N) is 2. The summed E-state index contributed by atoms with van der Waals surface area (Å²) in [7, 11) is 1.46. The molecule has 1 heterocycles. The molecule has 0 unspecified atom stereocenters. The van der Waals surface area contributed by atoms with Crippen LogP contribution in [0.15, 0.2) is 48.7 Å². The van der Waals surface area contributed by atoms with Crippen LogP contribution >= 0.6 is 11.6 Å². The number of halogens is 1. The second-order valence-corrected chi connectivity index (χ2v) is 7.32. The van der Waals surface area contributed by atoms with Gasteiger partial charge in [0.15, 0.2) is 0 Å². The van der Waals surface area contributed by atoms with Crippen LogP contribution in [-0.4, -0.2) is 47.3 Å². The van der Waals surface area contributed by atoms with E-state index in [9.17, 15) is 14.4 Å². The lowest BCUT2D eigenvalue weighted by molar-refractivity contribution is -0.131. The summed E-state index contributed by atoms with van der Waals surface area (Å²) < 4.78 is 6.92. The number of ketones is 1. The summed E-state index contributed by atoms with van der Waals surface area (Å²) >= 11 is 6.00. The molecule has 8 heteroatoms. The van der Waals surface area contributed by atoms with E-state index in [1.54, 1.807) is 39.9 Å². The molecule has 0 bridgehead atoms. The number of para-hydroxylation sites is 1. The summed E-state index contributed by atoms with van der Waals surface area (Å²) in [6, 6.07) is 11.9. The van der Waals surface area contributed by atoms with Gasteiger partial charge in [0, 0.05) is 35.2 Å². The largest absolute Gasteiger partial charge is 0.495 e. The summed E-state index contributed by atoms with van der Waals surface area (Å²) in [5.74, 6) is -1.21. The van der Waals surface area contributed by atoms with E-state index in [4.69, 9.17) is 16.3 Å². The quantitative estimate of drug-likeness (QED) is 0.423. The van der Waals surface area contributed by atoms with Crippen molar-refractivity contribution in [2.24, 2.45) is 0 Å². The van der Waals surface area contributed by atoms with Crippen LogP contribution in [0.3, 0.4) is 0 Å². The van der Waals surface area contributed by atoms with E-state index in [0.717, 1.165) is 0 Å². The third kappa shape index (κ3) is 4.72. The number of amides is 2. The number of carbonyl (C=O) groups excluding carboxylic acids is 3. The number of anilines is 1. The zero-order valence-corrected chi connectivity index (χ0v) is 18.4. The fourth-order valence-corrected chi connectivity index (χ4v) is 3.63. The zero-order chi connectivity index (χ0) is 22.5. The Kier molecular flexibility index (Phi) is 6.97. The van der Waals surface area contributed by atoms with Gasteiger partial charge in [0.1, 0.15) is 12.3 Å². The van der Waals surface area contributed by atoms with Crippen LogP contribution in [-0.2, 0) is 16.1 Å². The predicted molar refractivity (Wildman–Crippen MR) is 121 cm³/mol. The molecule has 0 aliphatic carbocycles. The Morgan fingerprint density at radius 2 is 1.81 bits per heavy atom. The van der Waals surface area contributed by atoms with Crippen molar-refractivity contribution in [3.8, 4) is 5.75 Å². The minimum Gasteiger partial charge on any atom is -0.495 e. The molecule has 7 nitrogen and oxygen atoms in total. The number of aromatic nitrogens is 1. The third-order valence-electron chi connectivity index (χ3n) is 5.07. The highest BCUT2D eigenvalue weighted by atomic mass is 35.5. The molecule has 0 aliphatic rings. The SMILES string of the molecule is CCN(CC)C(=O)Cn1cc(C(=O)C(=O)Nc2cc(Cl)ccc2OC)c2ccccc21. The monoisotopic (exact) mass is 441 g/mol. The van der Waals surface area contributed by atoms with Gasteiger partial charge >= 0.3 is 0 Å². The van der Waals surface area contributed by atoms with Crippen LogP contribution in [0.1, 0.15) is 24.2 Å². The molecule has 0 fully saturated rings. The molecule has 2 aromatic carbocycles. The molecular formula is C23H24ClN3O4. The second-order valence-electron chi connectivity index (χ2n) is 6.88.